The van der Waals surface area contributed by atoms with Gasteiger partial charge in [0.05, 0.1) is 5.69 Å². The van der Waals surface area contributed by atoms with E-state index in [1.165, 1.54) is 12.3 Å². The number of rotatable bonds is 8. The number of carbonyl (C=O) groups excluding carboxylic acids is 1. The number of amides is 1. The van der Waals surface area contributed by atoms with Crippen LogP contribution in [-0.4, -0.2) is 70.1 Å². The Morgan fingerprint density at radius 2 is 1.92 bits per heavy atom. The molecular formula is C27H26F2N8O2. The highest BCUT2D eigenvalue weighted by atomic mass is 19.1. The third kappa shape index (κ3) is 5.91. The van der Waals surface area contributed by atoms with Crippen molar-refractivity contribution in [3.63, 3.8) is 0 Å². The number of anilines is 4. The number of fused-ring (bicyclic) bond motifs is 1. The summed E-state index contributed by atoms with van der Waals surface area (Å²) in [5, 5.41) is 5.82. The number of hydrogen-bond donors (Lipinski definition) is 3. The Balaban J connectivity index is 1.36. The van der Waals surface area contributed by atoms with Crippen LogP contribution in [0.4, 0.5) is 31.8 Å². The van der Waals surface area contributed by atoms with Crippen molar-refractivity contribution in [3.8, 4) is 11.4 Å². The van der Waals surface area contributed by atoms with Crippen molar-refractivity contribution in [3.05, 3.63) is 77.5 Å². The van der Waals surface area contributed by atoms with Crippen LogP contribution in [-0.2, 0) is 4.79 Å². The standard InChI is InChI=1S/C27H26F2N8O2/c1-2-23(38)31-18-5-3-4-17(14-18)24-33-25-20(26(39)34-24)16-30-27(35-25)32-19-6-7-22(21(29)15-19)37-12-10-36(9-8-28)11-13-37/h2-7,14-16H,1,8-13H2,(H,31,38)(H2,30,32,33,34,35,39). The second-order valence-electron chi connectivity index (χ2n) is 8.93. The van der Waals surface area contributed by atoms with E-state index in [1.54, 1.807) is 36.4 Å². The molecule has 2 aromatic heterocycles. The van der Waals surface area contributed by atoms with E-state index in [-0.39, 0.29) is 35.4 Å². The zero-order chi connectivity index (χ0) is 27.4. The van der Waals surface area contributed by atoms with Crippen molar-refractivity contribution in [2.75, 3.05) is 54.9 Å². The molecule has 1 saturated heterocycles. The molecule has 2 aromatic carbocycles. The Morgan fingerprint density at radius 3 is 2.67 bits per heavy atom. The van der Waals surface area contributed by atoms with E-state index in [0.29, 0.717) is 55.3 Å². The maximum Gasteiger partial charge on any atom is 0.262 e. The van der Waals surface area contributed by atoms with Gasteiger partial charge in [0.25, 0.3) is 5.56 Å². The summed E-state index contributed by atoms with van der Waals surface area (Å²) >= 11 is 0. The number of hydrogen-bond acceptors (Lipinski definition) is 8. The lowest BCUT2D eigenvalue weighted by Gasteiger charge is -2.35. The van der Waals surface area contributed by atoms with Gasteiger partial charge in [0.15, 0.2) is 5.65 Å². The summed E-state index contributed by atoms with van der Waals surface area (Å²) in [6.07, 6.45) is 2.51. The second-order valence-corrected chi connectivity index (χ2v) is 8.93. The van der Waals surface area contributed by atoms with Crippen LogP contribution in [0.1, 0.15) is 0 Å². The number of carbonyl (C=O) groups is 1. The van der Waals surface area contributed by atoms with Crippen molar-refractivity contribution < 1.29 is 13.6 Å². The summed E-state index contributed by atoms with van der Waals surface area (Å²) in [5.41, 5.74) is 1.70. The minimum atomic E-state index is -0.427. The predicted molar refractivity (Wildman–Crippen MR) is 147 cm³/mol. The Hall–Kier alpha value is -4.71. The van der Waals surface area contributed by atoms with Crippen LogP contribution in [0.5, 0.6) is 0 Å². The van der Waals surface area contributed by atoms with Crippen LogP contribution in [0.15, 0.2) is 66.1 Å². The molecule has 200 valence electrons. The predicted octanol–water partition coefficient (Wildman–Crippen LogP) is 3.48. The summed E-state index contributed by atoms with van der Waals surface area (Å²) in [6.45, 7) is 6.02. The van der Waals surface area contributed by atoms with Crippen molar-refractivity contribution in [2.45, 2.75) is 0 Å². The first kappa shape index (κ1) is 25.9. The van der Waals surface area contributed by atoms with Gasteiger partial charge >= 0.3 is 0 Å². The average Bonchev–Trinajstić information content (AvgIpc) is 2.94. The molecule has 0 radical (unpaired) electrons. The number of nitrogens with one attached hydrogen (secondary N) is 3. The molecule has 0 atom stereocenters. The third-order valence-corrected chi connectivity index (χ3v) is 6.37. The maximum absolute atomic E-state index is 15.0. The van der Waals surface area contributed by atoms with E-state index >= 15 is 0 Å². The number of halogens is 2. The molecule has 0 aliphatic carbocycles. The topological polar surface area (TPSA) is 119 Å². The largest absolute Gasteiger partial charge is 0.367 e. The van der Waals surface area contributed by atoms with Gasteiger partial charge in [-0.2, -0.15) is 4.98 Å². The van der Waals surface area contributed by atoms with Gasteiger partial charge in [-0.3, -0.25) is 14.5 Å². The molecule has 4 aromatic rings. The SMILES string of the molecule is C=CC(=O)Nc1cccc(-c2nc3nc(Nc4ccc(N5CCN(CCF)CC5)c(F)c4)ncc3c(=O)[nH]2)c1. The van der Waals surface area contributed by atoms with Gasteiger partial charge < -0.3 is 20.5 Å². The van der Waals surface area contributed by atoms with Crippen molar-refractivity contribution in [2.24, 2.45) is 0 Å². The number of nitrogens with zero attached hydrogens (tertiary/aromatic N) is 5. The fraction of sp³-hybridized carbons (Fsp3) is 0.222. The zero-order valence-electron chi connectivity index (χ0n) is 21.0. The van der Waals surface area contributed by atoms with Gasteiger partial charge in [-0.05, 0) is 36.4 Å². The van der Waals surface area contributed by atoms with E-state index in [4.69, 9.17) is 0 Å². The highest BCUT2D eigenvalue weighted by Gasteiger charge is 2.19. The molecule has 1 amide bonds. The molecule has 1 aliphatic heterocycles. The van der Waals surface area contributed by atoms with Gasteiger partial charge in [0, 0.05) is 55.9 Å². The van der Waals surface area contributed by atoms with E-state index in [0.717, 1.165) is 6.08 Å². The van der Waals surface area contributed by atoms with Gasteiger partial charge in [-0.25, -0.2) is 18.7 Å². The van der Waals surface area contributed by atoms with E-state index < -0.39 is 11.4 Å². The smallest absolute Gasteiger partial charge is 0.262 e. The van der Waals surface area contributed by atoms with E-state index in [2.05, 4.69) is 37.1 Å². The first-order valence-corrected chi connectivity index (χ1v) is 12.3. The molecule has 0 unspecified atom stereocenters. The summed E-state index contributed by atoms with van der Waals surface area (Å²) < 4.78 is 27.6. The number of aromatic amines is 1. The molecule has 0 spiro atoms. The number of alkyl halides is 1. The fourth-order valence-corrected chi connectivity index (χ4v) is 4.36. The maximum atomic E-state index is 15.0. The number of H-pyrrole nitrogens is 1. The summed E-state index contributed by atoms with van der Waals surface area (Å²) in [6, 6.07) is 11.6. The molecule has 1 fully saturated rings. The molecule has 3 N–H and O–H groups in total. The minimum absolute atomic E-state index is 0.144. The number of aromatic nitrogens is 4. The highest BCUT2D eigenvalue weighted by Crippen LogP contribution is 2.26. The Morgan fingerprint density at radius 1 is 1.10 bits per heavy atom. The second kappa shape index (κ2) is 11.4. The quantitative estimate of drug-likeness (QED) is 0.295. The molecule has 5 rings (SSSR count). The number of benzene rings is 2. The summed E-state index contributed by atoms with van der Waals surface area (Å²) in [7, 11) is 0. The van der Waals surface area contributed by atoms with Crippen molar-refractivity contribution in [1.29, 1.82) is 0 Å². The van der Waals surface area contributed by atoms with Crippen LogP contribution in [0.2, 0.25) is 0 Å². The molecule has 1 aliphatic rings. The normalized spacial score (nSPS) is 13.8. The van der Waals surface area contributed by atoms with Gasteiger partial charge in [-0.15, -0.1) is 0 Å². The Labute approximate surface area is 222 Å². The average molecular weight is 533 g/mol. The first-order valence-electron chi connectivity index (χ1n) is 12.3. The fourth-order valence-electron chi connectivity index (χ4n) is 4.36. The molecule has 3 heterocycles. The summed E-state index contributed by atoms with van der Waals surface area (Å²) in [4.78, 5) is 44.0. The van der Waals surface area contributed by atoms with Gasteiger partial charge in [0.1, 0.15) is 23.7 Å². The highest BCUT2D eigenvalue weighted by molar-refractivity contribution is 5.99. The van der Waals surface area contributed by atoms with Crippen LogP contribution < -0.4 is 21.1 Å². The zero-order valence-corrected chi connectivity index (χ0v) is 21.0. The third-order valence-electron chi connectivity index (χ3n) is 6.37. The lowest BCUT2D eigenvalue weighted by Crippen LogP contribution is -2.47. The molecule has 0 bridgehead atoms. The lowest BCUT2D eigenvalue weighted by molar-refractivity contribution is -0.111. The molecule has 0 saturated carbocycles. The van der Waals surface area contributed by atoms with Crippen molar-refractivity contribution >= 4 is 40.0 Å². The summed E-state index contributed by atoms with van der Waals surface area (Å²) in [5.74, 6) is -0.365. The number of piperazine rings is 1. The van der Waals surface area contributed by atoms with Gasteiger partial charge in [-0.1, -0.05) is 18.7 Å². The Bertz CT molecular complexity index is 1580. The van der Waals surface area contributed by atoms with Crippen LogP contribution in [0, 0.1) is 5.82 Å². The van der Waals surface area contributed by atoms with Crippen molar-refractivity contribution in [1.82, 2.24) is 24.8 Å². The first-order chi connectivity index (χ1) is 18.9. The van der Waals surface area contributed by atoms with Gasteiger partial charge in [0.2, 0.25) is 11.9 Å². The monoisotopic (exact) mass is 532 g/mol. The molecule has 39 heavy (non-hydrogen) atoms. The molecule has 10 nitrogen and oxygen atoms in total. The Kier molecular flexibility index (Phi) is 7.55. The molecular weight excluding hydrogens is 506 g/mol. The van der Waals surface area contributed by atoms with E-state index in [1.807, 2.05) is 9.80 Å². The lowest BCUT2D eigenvalue weighted by atomic mass is 10.2. The van der Waals surface area contributed by atoms with E-state index in [9.17, 15) is 18.4 Å². The van der Waals surface area contributed by atoms with Crippen LogP contribution in [0.3, 0.4) is 0 Å². The minimum Gasteiger partial charge on any atom is -0.367 e. The van der Waals surface area contributed by atoms with Crippen LogP contribution in [0.25, 0.3) is 22.4 Å². The van der Waals surface area contributed by atoms with Crippen LogP contribution >= 0.6 is 0 Å². The molecule has 12 heteroatoms.